The summed E-state index contributed by atoms with van der Waals surface area (Å²) in [4.78, 5) is 38.7. The number of ether oxygens (including phenoxy) is 7. The van der Waals surface area contributed by atoms with E-state index in [1.807, 2.05) is 12.1 Å². The highest BCUT2D eigenvalue weighted by atomic mass is 127. The van der Waals surface area contributed by atoms with Gasteiger partial charge in [-0.2, -0.15) is 0 Å². The van der Waals surface area contributed by atoms with E-state index in [-0.39, 0.29) is 22.2 Å². The average Bonchev–Trinajstić information content (AvgIpc) is 3.50. The van der Waals surface area contributed by atoms with Crippen LogP contribution in [0.3, 0.4) is 0 Å². The molecule has 3 aliphatic heterocycles. The van der Waals surface area contributed by atoms with Gasteiger partial charge in [0.15, 0.2) is 27.0 Å². The van der Waals surface area contributed by atoms with Crippen LogP contribution < -0.4 is 0 Å². The molecule has 2 bridgehead atoms. The van der Waals surface area contributed by atoms with Crippen LogP contribution in [0.4, 0.5) is 0 Å². The highest BCUT2D eigenvalue weighted by Gasteiger charge is 2.57. The Balaban J connectivity index is 1.47. The van der Waals surface area contributed by atoms with Gasteiger partial charge >= 0.3 is 17.9 Å². The van der Waals surface area contributed by atoms with E-state index in [0.717, 1.165) is 0 Å². The van der Waals surface area contributed by atoms with E-state index < -0.39 is 79.4 Å². The fraction of sp³-hybridized carbons (Fsp3) is 0.559. The summed E-state index contributed by atoms with van der Waals surface area (Å²) in [5.41, 5.74) is 0.775. The summed E-state index contributed by atoms with van der Waals surface area (Å²) in [6.07, 6.45) is -6.18. The second-order valence-corrected chi connectivity index (χ2v) is 21.2. The third kappa shape index (κ3) is 8.61. The Kier molecular flexibility index (Phi) is 12.3. The number of halogens is 2. The molecule has 3 saturated heterocycles. The van der Waals surface area contributed by atoms with Crippen LogP contribution >= 0.6 is 45.2 Å². The summed E-state index contributed by atoms with van der Waals surface area (Å²) in [6, 6.07) is 17.4. The minimum atomic E-state index is -2.49. The minimum absolute atomic E-state index is 0.185. The number of rotatable bonds is 10. The Labute approximate surface area is 309 Å². The Morgan fingerprint density at radius 1 is 0.812 bits per heavy atom. The van der Waals surface area contributed by atoms with Crippen molar-refractivity contribution in [3.63, 3.8) is 0 Å². The standard InChI is InChI=1S/C34H42I2O11Si/c1-19(37)40-17-22-27(44-30(38)20-13-9-7-10-14-20)29(47-48(5,6)34(2,3)4)25(36)33(43-22)46-26-23-18-41-32(42-23)24(35)28(26)45-31(39)21-15-11-8-12-16-21/h7-16,22-29,32-33H,17-18H2,1-6H3/t22-,23-,24-,25-,26-,27-,28-,29-,32?,33+/m1/s1. The SMILES string of the molecule is CC(=O)OC[C@H]1O[C@@H](O[C@H]2[C@H](OC(=O)c3ccccc3)[C@@H](I)C3OC[C@H]2O3)[C@H](I)[C@@H](O[Si](C)(C)C(C)(C)C)[C@@H]1OC(=O)c1ccccc1. The molecule has 0 spiro atoms. The number of esters is 3. The molecule has 5 rings (SSSR count). The maximum absolute atomic E-state index is 13.5. The smallest absolute Gasteiger partial charge is 0.338 e. The van der Waals surface area contributed by atoms with Crippen molar-refractivity contribution in [2.45, 2.75) is 103 Å². The van der Waals surface area contributed by atoms with Crippen molar-refractivity contribution in [1.82, 2.24) is 0 Å². The molecule has 0 aliphatic carbocycles. The number of hydrogen-bond donors (Lipinski definition) is 0. The van der Waals surface area contributed by atoms with Crippen LogP contribution in [-0.2, 0) is 42.4 Å². The number of alkyl halides is 2. The zero-order chi connectivity index (χ0) is 34.8. The molecule has 3 heterocycles. The molecular weight excluding hydrogens is 866 g/mol. The van der Waals surface area contributed by atoms with Gasteiger partial charge in [-0.3, -0.25) is 4.79 Å². The third-order valence-electron chi connectivity index (χ3n) is 9.06. The molecule has 0 amide bonds. The first-order valence-electron chi connectivity index (χ1n) is 15.9. The van der Waals surface area contributed by atoms with Crippen molar-refractivity contribution >= 4 is 71.4 Å². The highest BCUT2D eigenvalue weighted by molar-refractivity contribution is 14.1. The second-order valence-electron chi connectivity index (χ2n) is 13.5. The van der Waals surface area contributed by atoms with E-state index in [0.29, 0.717) is 11.1 Å². The van der Waals surface area contributed by atoms with Crippen molar-refractivity contribution < 1.29 is 52.0 Å². The van der Waals surface area contributed by atoms with Gasteiger partial charge in [0.25, 0.3) is 0 Å². The molecule has 11 nitrogen and oxygen atoms in total. The lowest BCUT2D eigenvalue weighted by atomic mass is 9.99. The van der Waals surface area contributed by atoms with Gasteiger partial charge in [0.2, 0.25) is 0 Å². The van der Waals surface area contributed by atoms with Gasteiger partial charge in [-0.15, -0.1) is 0 Å². The lowest BCUT2D eigenvalue weighted by Crippen LogP contribution is -2.64. The highest BCUT2D eigenvalue weighted by Crippen LogP contribution is 2.43. The molecule has 0 saturated carbocycles. The molecule has 14 heteroatoms. The Hall–Kier alpha value is -1.67. The van der Waals surface area contributed by atoms with Gasteiger partial charge in [0.05, 0.1) is 21.7 Å². The number of carbonyl (C=O) groups excluding carboxylic acids is 3. The summed E-state index contributed by atoms with van der Waals surface area (Å²) >= 11 is 4.38. The largest absolute Gasteiger partial charge is 0.463 e. The van der Waals surface area contributed by atoms with Crippen molar-refractivity contribution in [3.05, 3.63) is 71.8 Å². The molecule has 3 aliphatic rings. The lowest BCUT2D eigenvalue weighted by Gasteiger charge is -2.49. The number of hydrogen-bond acceptors (Lipinski definition) is 11. The molecule has 48 heavy (non-hydrogen) atoms. The summed E-state index contributed by atoms with van der Waals surface area (Å²) < 4.78 is 49.1. The van der Waals surface area contributed by atoms with Gasteiger partial charge in [-0.25, -0.2) is 9.59 Å². The molecule has 3 fully saturated rings. The zero-order valence-electron chi connectivity index (χ0n) is 27.7. The van der Waals surface area contributed by atoms with Crippen LogP contribution in [0.25, 0.3) is 0 Å². The monoisotopic (exact) mass is 908 g/mol. The van der Waals surface area contributed by atoms with Crippen LogP contribution in [0.15, 0.2) is 60.7 Å². The van der Waals surface area contributed by atoms with Gasteiger partial charge < -0.3 is 37.6 Å². The summed E-state index contributed by atoms with van der Waals surface area (Å²) in [6.45, 7) is 11.9. The number of benzene rings is 2. The molecule has 0 N–H and O–H groups in total. The maximum Gasteiger partial charge on any atom is 0.338 e. The Bertz CT molecular complexity index is 1420. The average molecular weight is 909 g/mol. The van der Waals surface area contributed by atoms with E-state index in [1.165, 1.54) is 6.92 Å². The fourth-order valence-electron chi connectivity index (χ4n) is 5.42. The van der Waals surface area contributed by atoms with Crippen LogP contribution in [0.2, 0.25) is 18.1 Å². The quantitative estimate of drug-likeness (QED) is 0.0937. The van der Waals surface area contributed by atoms with Crippen molar-refractivity contribution in [1.29, 1.82) is 0 Å². The predicted molar refractivity (Wildman–Crippen MR) is 194 cm³/mol. The topological polar surface area (TPSA) is 125 Å². The van der Waals surface area contributed by atoms with Crippen LogP contribution in [-0.4, -0.2) is 96.5 Å². The van der Waals surface area contributed by atoms with Crippen LogP contribution in [0.5, 0.6) is 0 Å². The molecule has 1 unspecified atom stereocenters. The molecule has 10 atom stereocenters. The molecule has 0 aromatic heterocycles. The van der Waals surface area contributed by atoms with E-state index in [9.17, 15) is 14.4 Å². The summed E-state index contributed by atoms with van der Waals surface area (Å²) in [5.74, 6) is -1.56. The van der Waals surface area contributed by atoms with Crippen LogP contribution in [0.1, 0.15) is 48.4 Å². The van der Waals surface area contributed by atoms with Gasteiger partial charge in [-0.1, -0.05) is 102 Å². The first kappa shape index (κ1) is 37.6. The van der Waals surface area contributed by atoms with Gasteiger partial charge in [-0.05, 0) is 42.4 Å². The molecular formula is C34H42I2O11Si. The third-order valence-corrected chi connectivity index (χ3v) is 16.1. The van der Waals surface area contributed by atoms with Crippen molar-refractivity contribution in [2.75, 3.05) is 13.2 Å². The number of carbonyl (C=O) groups is 3. The summed E-state index contributed by atoms with van der Waals surface area (Å²) in [7, 11) is -2.49. The zero-order valence-corrected chi connectivity index (χ0v) is 33.0. The normalized spacial score (nSPS) is 31.9. The Morgan fingerprint density at radius 2 is 1.38 bits per heavy atom. The Morgan fingerprint density at radius 3 is 1.92 bits per heavy atom. The van der Waals surface area contributed by atoms with E-state index in [1.54, 1.807) is 48.5 Å². The fourth-order valence-corrected chi connectivity index (χ4v) is 8.84. The van der Waals surface area contributed by atoms with Gasteiger partial charge in [0.1, 0.15) is 41.1 Å². The van der Waals surface area contributed by atoms with E-state index in [4.69, 9.17) is 37.6 Å². The second kappa shape index (κ2) is 15.7. The first-order chi connectivity index (χ1) is 22.7. The van der Waals surface area contributed by atoms with E-state index >= 15 is 0 Å². The summed E-state index contributed by atoms with van der Waals surface area (Å²) in [5, 5.41) is -0.185. The van der Waals surface area contributed by atoms with Gasteiger partial charge in [0, 0.05) is 6.92 Å². The first-order valence-corrected chi connectivity index (χ1v) is 21.3. The molecule has 2 aromatic carbocycles. The number of fused-ring (bicyclic) bond motifs is 2. The minimum Gasteiger partial charge on any atom is -0.463 e. The predicted octanol–water partition coefficient (Wildman–Crippen LogP) is 5.86. The van der Waals surface area contributed by atoms with Crippen molar-refractivity contribution in [3.8, 4) is 0 Å². The molecule has 262 valence electrons. The van der Waals surface area contributed by atoms with Crippen molar-refractivity contribution in [2.24, 2.45) is 0 Å². The molecule has 0 radical (unpaired) electrons. The lowest BCUT2D eigenvalue weighted by molar-refractivity contribution is -0.287. The maximum atomic E-state index is 13.5. The van der Waals surface area contributed by atoms with E-state index in [2.05, 4.69) is 79.0 Å². The molecule has 2 aromatic rings. The van der Waals surface area contributed by atoms with Crippen LogP contribution in [0, 0.1) is 0 Å².